The van der Waals surface area contributed by atoms with Crippen molar-refractivity contribution in [1.82, 2.24) is 10.2 Å². The fourth-order valence-electron chi connectivity index (χ4n) is 4.84. The van der Waals surface area contributed by atoms with E-state index in [4.69, 9.17) is 9.47 Å². The smallest absolute Gasteiger partial charge is 0.305 e. The molecule has 0 aliphatic rings. The molecule has 0 saturated heterocycles. The number of aliphatic carboxylic acids is 1. The Labute approximate surface area is 251 Å². The van der Waals surface area contributed by atoms with Crippen molar-refractivity contribution in [2.24, 2.45) is 0 Å². The summed E-state index contributed by atoms with van der Waals surface area (Å²) in [6.45, 7) is 3.15. The van der Waals surface area contributed by atoms with E-state index >= 15 is 0 Å². The van der Waals surface area contributed by atoms with Gasteiger partial charge in [-0.25, -0.2) is 0 Å². The molecule has 0 spiro atoms. The molecule has 0 atom stereocenters. The van der Waals surface area contributed by atoms with Crippen LogP contribution < -0.4 is 14.8 Å². The summed E-state index contributed by atoms with van der Waals surface area (Å²) in [7, 11) is 1.59. The third kappa shape index (κ3) is 8.23. The Kier molecular flexibility index (Phi) is 10.9. The molecule has 0 aliphatic carbocycles. The molecular formula is C35H36N2O6. The van der Waals surface area contributed by atoms with Crippen molar-refractivity contribution >= 4 is 17.8 Å². The number of amides is 2. The number of hydrogen-bond acceptors (Lipinski definition) is 5. The van der Waals surface area contributed by atoms with Crippen LogP contribution in [0.4, 0.5) is 0 Å². The highest BCUT2D eigenvalue weighted by atomic mass is 16.5. The number of carboxylic acids is 1. The van der Waals surface area contributed by atoms with Gasteiger partial charge in [0.2, 0.25) is 0 Å². The number of carbonyl (C=O) groups excluding carboxylic acids is 2. The number of para-hydroxylation sites is 1. The van der Waals surface area contributed by atoms with Crippen LogP contribution in [-0.4, -0.2) is 54.6 Å². The molecule has 43 heavy (non-hydrogen) atoms. The molecule has 0 saturated carbocycles. The Morgan fingerprint density at radius 2 is 1.42 bits per heavy atom. The Morgan fingerprint density at radius 3 is 2.09 bits per heavy atom. The van der Waals surface area contributed by atoms with E-state index < -0.39 is 5.97 Å². The van der Waals surface area contributed by atoms with Crippen LogP contribution >= 0.6 is 0 Å². The van der Waals surface area contributed by atoms with Crippen LogP contribution in [-0.2, 0) is 17.8 Å². The van der Waals surface area contributed by atoms with Crippen molar-refractivity contribution in [3.63, 3.8) is 0 Å². The third-order valence-corrected chi connectivity index (χ3v) is 7.04. The normalized spacial score (nSPS) is 10.6. The monoisotopic (exact) mass is 580 g/mol. The molecule has 0 radical (unpaired) electrons. The SMILES string of the molecule is CCOc1ccc(CCN(CCC(=O)O)C(=O)c2ccccc2-c2ccccc2C(=O)NCc2ccccc2OC)cc1. The Balaban J connectivity index is 1.58. The molecule has 2 amide bonds. The zero-order valence-electron chi connectivity index (χ0n) is 24.4. The number of rotatable bonds is 14. The first-order chi connectivity index (χ1) is 20.9. The number of hydrogen-bond donors (Lipinski definition) is 2. The van der Waals surface area contributed by atoms with Gasteiger partial charge in [0.05, 0.1) is 20.1 Å². The van der Waals surface area contributed by atoms with Crippen LogP contribution in [0.5, 0.6) is 11.5 Å². The molecule has 4 rings (SSSR count). The second kappa shape index (κ2) is 15.2. The van der Waals surface area contributed by atoms with E-state index in [0.717, 1.165) is 16.9 Å². The molecule has 2 N–H and O–H groups in total. The number of carboxylic acid groups (broad SMARTS) is 1. The number of nitrogens with zero attached hydrogens (tertiary/aromatic N) is 1. The van der Waals surface area contributed by atoms with Gasteiger partial charge in [-0.1, -0.05) is 66.7 Å². The zero-order chi connectivity index (χ0) is 30.6. The lowest BCUT2D eigenvalue weighted by Gasteiger charge is -2.24. The van der Waals surface area contributed by atoms with Gasteiger partial charge < -0.3 is 24.8 Å². The van der Waals surface area contributed by atoms with Gasteiger partial charge in [-0.05, 0) is 60.4 Å². The van der Waals surface area contributed by atoms with Gasteiger partial charge in [0.15, 0.2) is 0 Å². The third-order valence-electron chi connectivity index (χ3n) is 7.04. The van der Waals surface area contributed by atoms with Gasteiger partial charge in [0, 0.05) is 36.3 Å². The summed E-state index contributed by atoms with van der Waals surface area (Å²) in [6, 6.07) is 29.4. The molecule has 4 aromatic rings. The van der Waals surface area contributed by atoms with Crippen LogP contribution in [0.25, 0.3) is 11.1 Å². The average Bonchev–Trinajstić information content (AvgIpc) is 3.04. The van der Waals surface area contributed by atoms with E-state index in [-0.39, 0.29) is 31.3 Å². The summed E-state index contributed by atoms with van der Waals surface area (Å²) >= 11 is 0. The first kappa shape index (κ1) is 30.8. The zero-order valence-corrected chi connectivity index (χ0v) is 24.4. The highest BCUT2D eigenvalue weighted by molar-refractivity contribution is 6.06. The minimum Gasteiger partial charge on any atom is -0.496 e. The molecule has 0 fully saturated rings. The van der Waals surface area contributed by atoms with Crippen LogP contribution in [0.15, 0.2) is 97.1 Å². The van der Waals surface area contributed by atoms with E-state index in [0.29, 0.717) is 47.6 Å². The molecule has 222 valence electrons. The first-order valence-electron chi connectivity index (χ1n) is 14.2. The largest absolute Gasteiger partial charge is 0.496 e. The number of carbonyl (C=O) groups is 3. The first-order valence-corrected chi connectivity index (χ1v) is 14.2. The standard InChI is InChI=1S/C35H36N2O6/c1-3-43-27-18-16-25(17-19-27)20-22-37(23-21-33(38)39)35(41)31-14-8-6-12-29(31)28-11-5-7-13-30(28)34(40)36-24-26-10-4-9-15-32(26)42-2/h4-19H,3,20-24H2,1-2H3,(H,36,40)(H,38,39). The lowest BCUT2D eigenvalue weighted by Crippen LogP contribution is -2.35. The number of ether oxygens (including phenoxy) is 2. The lowest BCUT2D eigenvalue weighted by atomic mass is 9.94. The maximum absolute atomic E-state index is 14.0. The molecule has 0 aliphatic heterocycles. The Hall–Kier alpha value is -5.11. The molecule has 8 nitrogen and oxygen atoms in total. The highest BCUT2D eigenvalue weighted by Gasteiger charge is 2.22. The molecular weight excluding hydrogens is 544 g/mol. The summed E-state index contributed by atoms with van der Waals surface area (Å²) in [4.78, 5) is 40.4. The fraction of sp³-hybridized carbons (Fsp3) is 0.229. The van der Waals surface area contributed by atoms with Crippen LogP contribution in [0.1, 0.15) is 45.2 Å². The van der Waals surface area contributed by atoms with Crippen molar-refractivity contribution in [3.8, 4) is 22.6 Å². The maximum atomic E-state index is 14.0. The number of nitrogens with one attached hydrogen (secondary N) is 1. The Bertz CT molecular complexity index is 1550. The van der Waals surface area contributed by atoms with E-state index in [9.17, 15) is 19.5 Å². The lowest BCUT2D eigenvalue weighted by molar-refractivity contribution is -0.137. The van der Waals surface area contributed by atoms with Gasteiger partial charge in [0.1, 0.15) is 11.5 Å². The van der Waals surface area contributed by atoms with Crippen molar-refractivity contribution < 1.29 is 29.0 Å². The molecule has 4 aromatic carbocycles. The average molecular weight is 581 g/mol. The van der Waals surface area contributed by atoms with Crippen LogP contribution in [0.3, 0.4) is 0 Å². The second-order valence-electron chi connectivity index (χ2n) is 9.85. The number of benzene rings is 4. The van der Waals surface area contributed by atoms with Gasteiger partial charge >= 0.3 is 5.97 Å². The summed E-state index contributed by atoms with van der Waals surface area (Å²) in [6.07, 6.45) is 0.362. The Morgan fingerprint density at radius 1 is 0.791 bits per heavy atom. The van der Waals surface area contributed by atoms with Crippen molar-refractivity contribution in [1.29, 1.82) is 0 Å². The fourth-order valence-corrected chi connectivity index (χ4v) is 4.84. The second-order valence-corrected chi connectivity index (χ2v) is 9.85. The molecule has 0 aromatic heterocycles. The molecule has 0 bridgehead atoms. The summed E-state index contributed by atoms with van der Waals surface area (Å²) < 4.78 is 10.9. The van der Waals surface area contributed by atoms with E-state index in [1.54, 1.807) is 42.3 Å². The van der Waals surface area contributed by atoms with Crippen LogP contribution in [0.2, 0.25) is 0 Å². The predicted octanol–water partition coefficient (Wildman–Crippen LogP) is 5.85. The quantitative estimate of drug-likeness (QED) is 0.194. The molecule has 0 unspecified atom stereocenters. The van der Waals surface area contributed by atoms with Crippen molar-refractivity contribution in [2.45, 2.75) is 26.3 Å². The topological polar surface area (TPSA) is 105 Å². The highest BCUT2D eigenvalue weighted by Crippen LogP contribution is 2.29. The summed E-state index contributed by atoms with van der Waals surface area (Å²) in [5.74, 6) is -0.124. The van der Waals surface area contributed by atoms with Crippen molar-refractivity contribution in [2.75, 3.05) is 26.8 Å². The summed E-state index contributed by atoms with van der Waals surface area (Å²) in [5, 5.41) is 12.3. The van der Waals surface area contributed by atoms with E-state index in [1.807, 2.05) is 73.7 Å². The number of methoxy groups -OCH3 is 1. The minimum atomic E-state index is -0.982. The molecule has 0 heterocycles. The maximum Gasteiger partial charge on any atom is 0.305 e. The summed E-state index contributed by atoms with van der Waals surface area (Å²) in [5.41, 5.74) is 3.86. The van der Waals surface area contributed by atoms with Crippen LogP contribution in [0, 0.1) is 0 Å². The van der Waals surface area contributed by atoms with Gasteiger partial charge in [-0.2, -0.15) is 0 Å². The van der Waals surface area contributed by atoms with Gasteiger partial charge in [-0.3, -0.25) is 14.4 Å². The van der Waals surface area contributed by atoms with Gasteiger partial charge in [0.25, 0.3) is 11.8 Å². The van der Waals surface area contributed by atoms with Crippen molar-refractivity contribution in [3.05, 3.63) is 119 Å². The van der Waals surface area contributed by atoms with E-state index in [1.165, 1.54) is 0 Å². The predicted molar refractivity (Wildman–Crippen MR) is 166 cm³/mol. The van der Waals surface area contributed by atoms with E-state index in [2.05, 4.69) is 5.32 Å². The molecule has 8 heteroatoms. The van der Waals surface area contributed by atoms with Gasteiger partial charge in [-0.15, -0.1) is 0 Å². The minimum absolute atomic E-state index is 0.0561.